The van der Waals surface area contributed by atoms with E-state index in [4.69, 9.17) is 9.72 Å². The number of fused-ring (bicyclic) bond motifs is 1. The summed E-state index contributed by atoms with van der Waals surface area (Å²) in [5.74, 6) is 1.98. The van der Waals surface area contributed by atoms with Gasteiger partial charge in [-0.15, -0.1) is 0 Å². The molecule has 1 aliphatic heterocycles. The van der Waals surface area contributed by atoms with Gasteiger partial charge in [-0.1, -0.05) is 29.8 Å². The number of aromatic nitrogens is 2. The van der Waals surface area contributed by atoms with E-state index in [1.165, 1.54) is 5.56 Å². The van der Waals surface area contributed by atoms with Crippen molar-refractivity contribution in [2.24, 2.45) is 0 Å². The predicted octanol–water partition coefficient (Wildman–Crippen LogP) is 3.75. The summed E-state index contributed by atoms with van der Waals surface area (Å²) in [7, 11) is 0. The zero-order chi connectivity index (χ0) is 20.9. The molecule has 30 heavy (non-hydrogen) atoms. The quantitative estimate of drug-likeness (QED) is 0.586. The molecule has 1 aliphatic rings. The number of hydrogen-bond acceptors (Lipinski definition) is 5. The molecule has 0 N–H and O–H groups in total. The molecule has 1 amide bonds. The molecular weight excluding hydrogens is 376 g/mol. The molecule has 6 nitrogen and oxygen atoms in total. The van der Waals surface area contributed by atoms with Crippen molar-refractivity contribution in [2.45, 2.75) is 26.7 Å². The van der Waals surface area contributed by atoms with Crippen LogP contribution in [0.15, 0.2) is 48.5 Å². The zero-order valence-electron chi connectivity index (χ0n) is 17.7. The highest BCUT2D eigenvalue weighted by molar-refractivity contribution is 5.77. The number of carbonyl (C=O) groups excluding carboxylic acids is 1. The SMILES string of the molecule is Cc1ccc(OCCCC(=O)N2CCN(c3nc4ccccc4nc3C)CC2)cc1. The number of nitrogens with zero attached hydrogens (tertiary/aromatic N) is 4. The van der Waals surface area contributed by atoms with Gasteiger partial charge in [0.05, 0.1) is 23.3 Å². The molecule has 0 unspecified atom stereocenters. The van der Waals surface area contributed by atoms with Crippen molar-refractivity contribution in [1.29, 1.82) is 0 Å². The minimum absolute atomic E-state index is 0.198. The van der Waals surface area contributed by atoms with Gasteiger partial charge in [0.15, 0.2) is 5.82 Å². The molecule has 2 aromatic carbocycles. The van der Waals surface area contributed by atoms with Crippen LogP contribution in [-0.2, 0) is 4.79 Å². The molecule has 1 saturated heterocycles. The summed E-state index contributed by atoms with van der Waals surface area (Å²) in [5, 5.41) is 0. The van der Waals surface area contributed by atoms with Crippen LogP contribution in [0.25, 0.3) is 11.0 Å². The summed E-state index contributed by atoms with van der Waals surface area (Å²) < 4.78 is 5.73. The number of rotatable bonds is 6. The number of ether oxygens (including phenoxy) is 1. The van der Waals surface area contributed by atoms with Gasteiger partial charge in [0.1, 0.15) is 5.75 Å². The fraction of sp³-hybridized carbons (Fsp3) is 0.375. The van der Waals surface area contributed by atoms with E-state index < -0.39 is 0 Å². The highest BCUT2D eigenvalue weighted by atomic mass is 16.5. The number of piperazine rings is 1. The van der Waals surface area contributed by atoms with Crippen molar-refractivity contribution < 1.29 is 9.53 Å². The minimum atomic E-state index is 0.198. The maximum Gasteiger partial charge on any atom is 0.222 e. The van der Waals surface area contributed by atoms with E-state index in [1.807, 2.05) is 60.4 Å². The van der Waals surface area contributed by atoms with Crippen molar-refractivity contribution in [3.8, 4) is 5.75 Å². The molecule has 6 heteroatoms. The second kappa shape index (κ2) is 9.11. The minimum Gasteiger partial charge on any atom is -0.494 e. The van der Waals surface area contributed by atoms with Crippen molar-refractivity contribution in [1.82, 2.24) is 14.9 Å². The Morgan fingerprint density at radius 2 is 1.60 bits per heavy atom. The van der Waals surface area contributed by atoms with Crippen LogP contribution in [0.5, 0.6) is 5.75 Å². The number of benzene rings is 2. The summed E-state index contributed by atoms with van der Waals surface area (Å²) in [5.41, 5.74) is 3.97. The number of hydrogen-bond donors (Lipinski definition) is 0. The maximum atomic E-state index is 12.6. The average Bonchev–Trinajstić information content (AvgIpc) is 2.77. The Hall–Kier alpha value is -3.15. The third-order valence-electron chi connectivity index (χ3n) is 5.48. The van der Waals surface area contributed by atoms with Gasteiger partial charge in [0.2, 0.25) is 5.91 Å². The van der Waals surface area contributed by atoms with Gasteiger partial charge in [-0.05, 0) is 44.5 Å². The molecule has 0 aliphatic carbocycles. The number of aryl methyl sites for hydroxylation is 2. The van der Waals surface area contributed by atoms with Gasteiger partial charge in [0, 0.05) is 32.6 Å². The van der Waals surface area contributed by atoms with Gasteiger partial charge in [-0.25, -0.2) is 9.97 Å². The first kappa shape index (κ1) is 20.1. The molecule has 156 valence electrons. The van der Waals surface area contributed by atoms with Crippen LogP contribution in [0.4, 0.5) is 5.82 Å². The first-order valence-electron chi connectivity index (χ1n) is 10.6. The average molecular weight is 405 g/mol. The van der Waals surface area contributed by atoms with Crippen LogP contribution >= 0.6 is 0 Å². The Balaban J connectivity index is 1.25. The fourth-order valence-electron chi connectivity index (χ4n) is 3.75. The van der Waals surface area contributed by atoms with E-state index in [-0.39, 0.29) is 5.91 Å². The lowest BCUT2D eigenvalue weighted by atomic mass is 10.2. The lowest BCUT2D eigenvalue weighted by molar-refractivity contribution is -0.131. The van der Waals surface area contributed by atoms with Crippen molar-refractivity contribution in [2.75, 3.05) is 37.7 Å². The van der Waals surface area contributed by atoms with Crippen molar-refractivity contribution in [3.05, 3.63) is 59.8 Å². The molecule has 1 fully saturated rings. The summed E-state index contributed by atoms with van der Waals surface area (Å²) in [6.45, 7) is 7.59. The fourth-order valence-corrected chi connectivity index (χ4v) is 3.75. The van der Waals surface area contributed by atoms with Crippen LogP contribution in [0, 0.1) is 13.8 Å². The second-order valence-corrected chi connectivity index (χ2v) is 7.75. The normalized spacial score (nSPS) is 14.2. The third-order valence-corrected chi connectivity index (χ3v) is 5.48. The van der Waals surface area contributed by atoms with E-state index in [9.17, 15) is 4.79 Å². The number of para-hydroxylation sites is 2. The molecule has 3 aromatic rings. The first-order chi connectivity index (χ1) is 14.6. The van der Waals surface area contributed by atoms with Crippen molar-refractivity contribution >= 4 is 22.8 Å². The summed E-state index contributed by atoms with van der Waals surface area (Å²) in [6.07, 6.45) is 1.24. The highest BCUT2D eigenvalue weighted by Crippen LogP contribution is 2.21. The van der Waals surface area contributed by atoms with Crippen LogP contribution < -0.4 is 9.64 Å². The Bertz CT molecular complexity index is 1010. The monoisotopic (exact) mass is 404 g/mol. The Kier molecular flexibility index (Phi) is 6.12. The lowest BCUT2D eigenvalue weighted by Crippen LogP contribution is -2.49. The second-order valence-electron chi connectivity index (χ2n) is 7.75. The van der Waals surface area contributed by atoms with Crippen LogP contribution in [0.1, 0.15) is 24.1 Å². The highest BCUT2D eigenvalue weighted by Gasteiger charge is 2.23. The smallest absolute Gasteiger partial charge is 0.222 e. The standard InChI is InChI=1S/C24H28N4O2/c1-18-9-11-20(12-10-18)30-17-5-8-23(29)27-13-15-28(16-14-27)24-19(2)25-21-6-3-4-7-22(21)26-24/h3-4,6-7,9-12H,5,8,13-17H2,1-2H3. The lowest BCUT2D eigenvalue weighted by Gasteiger charge is -2.36. The van der Waals surface area contributed by atoms with E-state index in [0.29, 0.717) is 26.1 Å². The van der Waals surface area contributed by atoms with E-state index >= 15 is 0 Å². The molecule has 0 bridgehead atoms. The largest absolute Gasteiger partial charge is 0.494 e. The molecule has 4 rings (SSSR count). The molecule has 2 heterocycles. The summed E-state index contributed by atoms with van der Waals surface area (Å²) >= 11 is 0. The first-order valence-corrected chi connectivity index (χ1v) is 10.6. The van der Waals surface area contributed by atoms with E-state index in [2.05, 4.69) is 16.8 Å². The van der Waals surface area contributed by atoms with Gasteiger partial charge in [0.25, 0.3) is 0 Å². The molecule has 0 saturated carbocycles. The summed E-state index contributed by atoms with van der Waals surface area (Å²) in [4.78, 5) is 26.2. The Morgan fingerprint density at radius 1 is 0.933 bits per heavy atom. The van der Waals surface area contributed by atoms with E-state index in [0.717, 1.165) is 47.8 Å². The van der Waals surface area contributed by atoms with Gasteiger partial charge in [-0.2, -0.15) is 0 Å². The van der Waals surface area contributed by atoms with Crippen LogP contribution in [0.2, 0.25) is 0 Å². The van der Waals surface area contributed by atoms with Crippen LogP contribution in [0.3, 0.4) is 0 Å². The maximum absolute atomic E-state index is 12.6. The molecule has 0 atom stereocenters. The number of carbonyl (C=O) groups is 1. The summed E-state index contributed by atoms with van der Waals surface area (Å²) in [6, 6.07) is 15.9. The van der Waals surface area contributed by atoms with E-state index in [1.54, 1.807) is 0 Å². The third kappa shape index (κ3) is 4.70. The van der Waals surface area contributed by atoms with Gasteiger partial charge >= 0.3 is 0 Å². The molecular formula is C24H28N4O2. The number of anilines is 1. The Morgan fingerprint density at radius 3 is 2.30 bits per heavy atom. The van der Waals surface area contributed by atoms with Crippen molar-refractivity contribution in [3.63, 3.8) is 0 Å². The molecule has 1 aromatic heterocycles. The zero-order valence-corrected chi connectivity index (χ0v) is 17.7. The van der Waals surface area contributed by atoms with Gasteiger partial charge < -0.3 is 14.5 Å². The molecule has 0 radical (unpaired) electrons. The number of amides is 1. The molecule has 0 spiro atoms. The van der Waals surface area contributed by atoms with Crippen LogP contribution in [-0.4, -0.2) is 53.6 Å². The Labute approximate surface area is 177 Å². The predicted molar refractivity (Wildman–Crippen MR) is 119 cm³/mol. The topological polar surface area (TPSA) is 58.6 Å². The van der Waals surface area contributed by atoms with Gasteiger partial charge in [-0.3, -0.25) is 4.79 Å².